The van der Waals surface area contributed by atoms with Crippen LogP contribution in [0.5, 0.6) is 0 Å². The highest BCUT2D eigenvalue weighted by atomic mass is 32.2. The van der Waals surface area contributed by atoms with Crippen LogP contribution in [0, 0.1) is 0 Å². The summed E-state index contributed by atoms with van der Waals surface area (Å²) in [6.07, 6.45) is 6.97. The number of anilines is 1. The van der Waals surface area contributed by atoms with E-state index < -0.39 is 10.0 Å². The van der Waals surface area contributed by atoms with Crippen LogP contribution in [0.25, 0.3) is 16.5 Å². The van der Waals surface area contributed by atoms with Gasteiger partial charge in [-0.15, -0.1) is 0 Å². The summed E-state index contributed by atoms with van der Waals surface area (Å²) in [5, 5.41) is 4.40. The molecule has 0 bridgehead atoms. The second-order valence-corrected chi connectivity index (χ2v) is 10.2. The third-order valence-electron chi connectivity index (χ3n) is 6.33. The smallest absolute Gasteiger partial charge is 0.268 e. The van der Waals surface area contributed by atoms with Gasteiger partial charge in [0.1, 0.15) is 0 Å². The molecule has 0 saturated carbocycles. The van der Waals surface area contributed by atoms with Crippen molar-refractivity contribution in [3.63, 3.8) is 0 Å². The van der Waals surface area contributed by atoms with Crippen LogP contribution in [0.2, 0.25) is 0 Å². The van der Waals surface area contributed by atoms with Gasteiger partial charge >= 0.3 is 0 Å². The van der Waals surface area contributed by atoms with Crippen molar-refractivity contribution < 1.29 is 8.42 Å². The van der Waals surface area contributed by atoms with Crippen LogP contribution in [0.3, 0.4) is 0 Å². The van der Waals surface area contributed by atoms with Crippen LogP contribution in [0.1, 0.15) is 30.9 Å². The number of fused-ring (bicyclic) bond motifs is 2. The number of hydrogen-bond acceptors (Lipinski definition) is 4. The molecule has 1 N–H and O–H groups in total. The fourth-order valence-electron chi connectivity index (χ4n) is 4.70. The molecule has 6 heteroatoms. The van der Waals surface area contributed by atoms with E-state index >= 15 is 0 Å². The van der Waals surface area contributed by atoms with Gasteiger partial charge in [-0.1, -0.05) is 30.3 Å². The first-order valence-corrected chi connectivity index (χ1v) is 12.0. The molecule has 0 saturated heterocycles. The standard InChI is InChI=1S/C24H27N3O2S/c1-17-14-19(11-12-25-17)22-16-27(23-8-4-3-7-21(22)23)30(28,29)20-10-9-18-6-5-13-26(2)24(18)15-20/h3-4,7-11,15-17,25H,5-6,12-14H2,1-2H3. The molecule has 5 nitrogen and oxygen atoms in total. The van der Waals surface area contributed by atoms with E-state index in [1.165, 1.54) is 15.1 Å². The third-order valence-corrected chi connectivity index (χ3v) is 8.00. The molecule has 0 fully saturated rings. The Morgan fingerprint density at radius 1 is 1.13 bits per heavy atom. The van der Waals surface area contributed by atoms with Crippen molar-refractivity contribution in [2.75, 3.05) is 25.0 Å². The quantitative estimate of drug-likeness (QED) is 0.694. The minimum atomic E-state index is -3.71. The fraction of sp³-hybridized carbons (Fsp3) is 0.333. The van der Waals surface area contributed by atoms with Crippen molar-refractivity contribution in [3.05, 3.63) is 65.9 Å². The fourth-order valence-corrected chi connectivity index (χ4v) is 6.09. The second kappa shape index (κ2) is 7.29. The highest BCUT2D eigenvalue weighted by molar-refractivity contribution is 7.90. The van der Waals surface area contributed by atoms with Crippen molar-refractivity contribution in [3.8, 4) is 0 Å². The zero-order valence-corrected chi connectivity index (χ0v) is 18.2. The molecular weight excluding hydrogens is 394 g/mol. The SMILES string of the molecule is CC1CC(c2cn(S(=O)(=O)c3ccc4c(c3)N(C)CCC4)c3ccccc23)=CCN1. The Morgan fingerprint density at radius 3 is 2.80 bits per heavy atom. The van der Waals surface area contributed by atoms with Gasteiger partial charge in [0, 0.05) is 49.0 Å². The van der Waals surface area contributed by atoms with E-state index in [0.717, 1.165) is 54.5 Å². The van der Waals surface area contributed by atoms with Gasteiger partial charge in [0.25, 0.3) is 10.0 Å². The normalized spacial score (nSPS) is 19.6. The first-order chi connectivity index (χ1) is 14.4. The Kier molecular flexibility index (Phi) is 4.71. The van der Waals surface area contributed by atoms with Crippen LogP contribution in [-0.4, -0.2) is 38.6 Å². The molecule has 2 aliphatic rings. The largest absolute Gasteiger partial charge is 0.374 e. The van der Waals surface area contributed by atoms with Gasteiger partial charge in [-0.25, -0.2) is 12.4 Å². The molecule has 3 aromatic rings. The summed E-state index contributed by atoms with van der Waals surface area (Å²) in [6, 6.07) is 13.7. The predicted octanol–water partition coefficient (Wildman–Crippen LogP) is 4.03. The molecule has 0 aliphatic carbocycles. The summed E-state index contributed by atoms with van der Waals surface area (Å²) < 4.78 is 28.9. The molecule has 0 amide bonds. The molecular formula is C24H27N3O2S. The van der Waals surface area contributed by atoms with Gasteiger partial charge in [-0.3, -0.25) is 0 Å². The lowest BCUT2D eigenvalue weighted by atomic mass is 9.96. The monoisotopic (exact) mass is 421 g/mol. The van der Waals surface area contributed by atoms with Crippen LogP contribution >= 0.6 is 0 Å². The van der Waals surface area contributed by atoms with E-state index in [9.17, 15) is 8.42 Å². The molecule has 0 spiro atoms. The molecule has 30 heavy (non-hydrogen) atoms. The van der Waals surface area contributed by atoms with Gasteiger partial charge in [-0.2, -0.15) is 0 Å². The minimum absolute atomic E-state index is 0.343. The molecule has 1 atom stereocenters. The maximum atomic E-state index is 13.7. The molecule has 2 aliphatic heterocycles. The summed E-state index contributed by atoms with van der Waals surface area (Å²) in [4.78, 5) is 2.49. The highest BCUT2D eigenvalue weighted by Gasteiger charge is 2.25. The maximum absolute atomic E-state index is 13.7. The van der Waals surface area contributed by atoms with Crippen LogP contribution < -0.4 is 10.2 Å². The average molecular weight is 422 g/mol. The van der Waals surface area contributed by atoms with E-state index in [-0.39, 0.29) is 0 Å². The summed E-state index contributed by atoms with van der Waals surface area (Å²) in [5.41, 5.74) is 5.18. The lowest BCUT2D eigenvalue weighted by molar-refractivity contribution is 0.579. The number of rotatable bonds is 3. The number of aromatic nitrogens is 1. The lowest BCUT2D eigenvalue weighted by Crippen LogP contribution is -2.29. The molecule has 5 rings (SSSR count). The van der Waals surface area contributed by atoms with Gasteiger partial charge < -0.3 is 10.2 Å². The third kappa shape index (κ3) is 3.15. The van der Waals surface area contributed by atoms with Crippen molar-refractivity contribution >= 4 is 32.2 Å². The Morgan fingerprint density at radius 2 is 1.97 bits per heavy atom. The highest BCUT2D eigenvalue weighted by Crippen LogP contribution is 2.35. The van der Waals surface area contributed by atoms with Crippen LogP contribution in [0.15, 0.2) is 59.6 Å². The summed E-state index contributed by atoms with van der Waals surface area (Å²) >= 11 is 0. The van der Waals surface area contributed by atoms with Crippen molar-refractivity contribution in [2.24, 2.45) is 0 Å². The Balaban J connectivity index is 1.66. The van der Waals surface area contributed by atoms with E-state index in [4.69, 9.17) is 0 Å². The number of aryl methyl sites for hydroxylation is 1. The van der Waals surface area contributed by atoms with E-state index in [0.29, 0.717) is 10.9 Å². The predicted molar refractivity (Wildman–Crippen MR) is 123 cm³/mol. The van der Waals surface area contributed by atoms with E-state index in [1.807, 2.05) is 49.6 Å². The second-order valence-electron chi connectivity index (χ2n) is 8.42. The van der Waals surface area contributed by atoms with Crippen molar-refractivity contribution in [1.29, 1.82) is 0 Å². The van der Waals surface area contributed by atoms with E-state index in [1.54, 1.807) is 6.07 Å². The molecule has 3 heterocycles. The Bertz CT molecular complexity index is 1260. The summed E-state index contributed by atoms with van der Waals surface area (Å²) in [7, 11) is -1.68. The van der Waals surface area contributed by atoms with Gasteiger partial charge in [0.15, 0.2) is 0 Å². The first kappa shape index (κ1) is 19.4. The van der Waals surface area contributed by atoms with Crippen LogP contribution in [-0.2, 0) is 16.4 Å². The molecule has 1 unspecified atom stereocenters. The number of nitrogens with one attached hydrogen (secondary N) is 1. The number of nitrogens with zero attached hydrogens (tertiary/aromatic N) is 2. The lowest BCUT2D eigenvalue weighted by Gasteiger charge is -2.28. The minimum Gasteiger partial charge on any atom is -0.374 e. The zero-order valence-electron chi connectivity index (χ0n) is 17.4. The average Bonchev–Trinajstić information content (AvgIpc) is 3.14. The topological polar surface area (TPSA) is 54.3 Å². The molecule has 2 aromatic carbocycles. The number of benzene rings is 2. The number of para-hydroxylation sites is 1. The Hall–Kier alpha value is -2.57. The summed E-state index contributed by atoms with van der Waals surface area (Å²) in [6.45, 7) is 3.92. The zero-order chi connectivity index (χ0) is 20.9. The number of hydrogen-bond donors (Lipinski definition) is 1. The Labute approximate surface area is 178 Å². The van der Waals surface area contributed by atoms with Crippen molar-refractivity contribution in [1.82, 2.24) is 9.29 Å². The van der Waals surface area contributed by atoms with E-state index in [2.05, 4.69) is 23.2 Å². The van der Waals surface area contributed by atoms with Gasteiger partial charge in [0.05, 0.1) is 10.4 Å². The van der Waals surface area contributed by atoms with Gasteiger partial charge in [-0.05, 0) is 55.5 Å². The molecule has 0 radical (unpaired) electrons. The van der Waals surface area contributed by atoms with Gasteiger partial charge in [0.2, 0.25) is 0 Å². The first-order valence-electron chi connectivity index (χ1n) is 10.6. The maximum Gasteiger partial charge on any atom is 0.268 e. The molecule has 156 valence electrons. The van der Waals surface area contributed by atoms with Crippen molar-refractivity contribution in [2.45, 2.75) is 37.1 Å². The molecule has 1 aromatic heterocycles. The summed E-state index contributed by atoms with van der Waals surface area (Å²) in [5.74, 6) is 0. The van der Waals surface area contributed by atoms with Crippen LogP contribution in [0.4, 0.5) is 5.69 Å².